The van der Waals surface area contributed by atoms with E-state index >= 15 is 0 Å². The second kappa shape index (κ2) is 3.49. The maximum absolute atomic E-state index is 11.9. The SMILES string of the molecule is FC(F)(Cl)/C=C(/Br)C(F)(F)Cl. The first-order valence-corrected chi connectivity index (χ1v) is 3.70. The van der Waals surface area contributed by atoms with Gasteiger partial charge in [-0.05, 0) is 39.1 Å². The largest absolute Gasteiger partial charge is 0.354 e. The van der Waals surface area contributed by atoms with Gasteiger partial charge in [0.1, 0.15) is 0 Å². The van der Waals surface area contributed by atoms with E-state index in [-0.39, 0.29) is 6.08 Å². The van der Waals surface area contributed by atoms with Crippen molar-refractivity contribution in [2.24, 2.45) is 0 Å². The lowest BCUT2D eigenvalue weighted by atomic mass is 10.5. The maximum atomic E-state index is 11.9. The molecule has 0 saturated carbocycles. The first-order chi connectivity index (χ1) is 4.63. The summed E-state index contributed by atoms with van der Waals surface area (Å²) in [7, 11) is 0. The third kappa shape index (κ3) is 5.75. The van der Waals surface area contributed by atoms with Crippen molar-refractivity contribution < 1.29 is 17.6 Å². The summed E-state index contributed by atoms with van der Waals surface area (Å²) in [6.07, 6.45) is -0.179. The Hall–Kier alpha value is 0.520. The second-order valence-electron chi connectivity index (χ2n) is 1.53. The highest BCUT2D eigenvalue weighted by Crippen LogP contribution is 2.36. The maximum Gasteiger partial charge on any atom is 0.354 e. The van der Waals surface area contributed by atoms with Gasteiger partial charge in [0.05, 0.1) is 4.48 Å². The van der Waals surface area contributed by atoms with Crippen molar-refractivity contribution in [3.63, 3.8) is 0 Å². The number of alkyl halides is 6. The lowest BCUT2D eigenvalue weighted by Gasteiger charge is -2.07. The van der Waals surface area contributed by atoms with Gasteiger partial charge < -0.3 is 0 Å². The van der Waals surface area contributed by atoms with E-state index in [0.29, 0.717) is 0 Å². The minimum Gasteiger partial charge on any atom is -0.184 e. The molecule has 0 aromatic heterocycles. The quantitative estimate of drug-likeness (QED) is 0.529. The molecule has 0 atom stereocenters. The molecule has 0 radical (unpaired) electrons. The average Bonchev–Trinajstić information content (AvgIpc) is 1.56. The number of rotatable bonds is 2. The number of hydrogen-bond acceptors (Lipinski definition) is 0. The summed E-state index contributed by atoms with van der Waals surface area (Å²) in [5.41, 5.74) is 0. The standard InChI is InChI=1S/C4HBrCl2F4/c5-2(4(7,10)11)1-3(6,8)9/h1H/b2-1+. The summed E-state index contributed by atoms with van der Waals surface area (Å²) in [6.45, 7) is 0. The first-order valence-electron chi connectivity index (χ1n) is 2.15. The van der Waals surface area contributed by atoms with E-state index in [4.69, 9.17) is 0 Å². The summed E-state index contributed by atoms with van der Waals surface area (Å²) >= 11 is 10.8. The molecular weight excluding hydrogens is 275 g/mol. The van der Waals surface area contributed by atoms with Crippen molar-refractivity contribution in [2.45, 2.75) is 10.8 Å². The molecule has 0 spiro atoms. The van der Waals surface area contributed by atoms with Crippen molar-refractivity contribution in [3.05, 3.63) is 10.6 Å². The van der Waals surface area contributed by atoms with Crippen LogP contribution in [-0.4, -0.2) is 10.8 Å². The van der Waals surface area contributed by atoms with Crippen molar-refractivity contribution in [1.82, 2.24) is 0 Å². The number of hydrogen-bond donors (Lipinski definition) is 0. The molecular formula is C4HBrCl2F4. The molecule has 0 rings (SSSR count). The average molecular weight is 276 g/mol. The molecule has 0 aliphatic rings. The third-order valence-corrected chi connectivity index (χ3v) is 1.83. The van der Waals surface area contributed by atoms with Gasteiger partial charge in [0.15, 0.2) is 0 Å². The van der Waals surface area contributed by atoms with Gasteiger partial charge in [-0.2, -0.15) is 17.6 Å². The summed E-state index contributed by atoms with van der Waals surface area (Å²) < 4.78 is 46.2. The van der Waals surface area contributed by atoms with E-state index in [1.165, 1.54) is 0 Å². The molecule has 0 unspecified atom stereocenters. The van der Waals surface area contributed by atoms with Gasteiger partial charge in [-0.3, -0.25) is 0 Å². The van der Waals surface area contributed by atoms with Crippen LogP contribution in [0.15, 0.2) is 10.6 Å². The predicted octanol–water partition coefficient (Wildman–Crippen LogP) is 3.93. The van der Waals surface area contributed by atoms with E-state index in [1.807, 2.05) is 0 Å². The smallest absolute Gasteiger partial charge is 0.184 e. The van der Waals surface area contributed by atoms with E-state index in [0.717, 1.165) is 0 Å². The molecule has 7 heteroatoms. The molecule has 0 aromatic rings. The summed E-state index contributed by atoms with van der Waals surface area (Å²) in [5.74, 6) is 0. The zero-order valence-corrected chi connectivity index (χ0v) is 7.82. The summed E-state index contributed by atoms with van der Waals surface area (Å²) in [5, 5.41) is -7.67. The van der Waals surface area contributed by atoms with E-state index in [9.17, 15) is 17.6 Å². The zero-order chi connectivity index (χ0) is 9.28. The fourth-order valence-electron chi connectivity index (χ4n) is 0.226. The van der Waals surface area contributed by atoms with Crippen LogP contribution in [0.25, 0.3) is 0 Å². The van der Waals surface area contributed by atoms with Crippen LogP contribution in [0.3, 0.4) is 0 Å². The molecule has 0 fully saturated rings. The van der Waals surface area contributed by atoms with Crippen LogP contribution < -0.4 is 0 Å². The van der Waals surface area contributed by atoms with Crippen LogP contribution in [0, 0.1) is 0 Å². The minimum absolute atomic E-state index is 0.179. The molecule has 0 aliphatic carbocycles. The molecule has 0 aromatic carbocycles. The molecule has 0 N–H and O–H groups in total. The molecule has 0 heterocycles. The lowest BCUT2D eigenvalue weighted by Crippen LogP contribution is -2.10. The highest BCUT2D eigenvalue weighted by molar-refractivity contribution is 9.11. The topological polar surface area (TPSA) is 0 Å². The van der Waals surface area contributed by atoms with E-state index in [1.54, 1.807) is 0 Å². The van der Waals surface area contributed by atoms with Crippen LogP contribution in [0.2, 0.25) is 0 Å². The van der Waals surface area contributed by atoms with Crippen LogP contribution in [0.1, 0.15) is 0 Å². The molecule has 0 aliphatic heterocycles. The Labute approximate surface area is 78.3 Å². The van der Waals surface area contributed by atoms with Crippen LogP contribution in [-0.2, 0) is 0 Å². The Morgan fingerprint density at radius 2 is 1.55 bits per heavy atom. The molecule has 0 amide bonds. The molecule has 0 nitrogen and oxygen atoms in total. The van der Waals surface area contributed by atoms with Gasteiger partial charge in [-0.1, -0.05) is 0 Å². The lowest BCUT2D eigenvalue weighted by molar-refractivity contribution is 0.130. The fourth-order valence-corrected chi connectivity index (χ4v) is 0.808. The third-order valence-electron chi connectivity index (χ3n) is 0.561. The zero-order valence-electron chi connectivity index (χ0n) is 4.72. The van der Waals surface area contributed by atoms with Gasteiger partial charge in [0.2, 0.25) is 0 Å². The van der Waals surface area contributed by atoms with Crippen LogP contribution in [0.5, 0.6) is 0 Å². The number of allylic oxidation sites excluding steroid dienone is 2. The predicted molar refractivity (Wildman–Crippen MR) is 38.6 cm³/mol. The van der Waals surface area contributed by atoms with Gasteiger partial charge in [-0.25, -0.2) is 0 Å². The van der Waals surface area contributed by atoms with E-state index in [2.05, 4.69) is 39.1 Å². The Kier molecular flexibility index (Phi) is 3.66. The highest BCUT2D eigenvalue weighted by atomic mass is 79.9. The number of halogens is 7. The highest BCUT2D eigenvalue weighted by Gasteiger charge is 2.33. The Balaban J connectivity index is 4.49. The Morgan fingerprint density at radius 1 is 1.18 bits per heavy atom. The minimum atomic E-state index is -3.85. The normalized spacial score (nSPS) is 15.4. The van der Waals surface area contributed by atoms with Crippen LogP contribution >= 0.6 is 39.1 Å². The molecule has 0 saturated heterocycles. The molecule has 11 heavy (non-hydrogen) atoms. The first kappa shape index (κ1) is 11.5. The van der Waals surface area contributed by atoms with Gasteiger partial charge in [-0.15, -0.1) is 0 Å². The van der Waals surface area contributed by atoms with Crippen molar-refractivity contribution in [1.29, 1.82) is 0 Å². The van der Waals surface area contributed by atoms with Gasteiger partial charge in [0, 0.05) is 6.08 Å². The van der Waals surface area contributed by atoms with Gasteiger partial charge in [0.25, 0.3) is 0 Å². The Bertz CT molecular complexity index is 168. The molecule has 66 valence electrons. The van der Waals surface area contributed by atoms with Crippen molar-refractivity contribution >= 4 is 39.1 Å². The van der Waals surface area contributed by atoms with E-state index < -0.39 is 15.2 Å². The van der Waals surface area contributed by atoms with Crippen LogP contribution in [0.4, 0.5) is 17.6 Å². The molecule has 0 bridgehead atoms. The monoisotopic (exact) mass is 274 g/mol. The Morgan fingerprint density at radius 3 is 1.64 bits per heavy atom. The second-order valence-corrected chi connectivity index (χ2v) is 3.36. The van der Waals surface area contributed by atoms with Gasteiger partial charge >= 0.3 is 10.8 Å². The van der Waals surface area contributed by atoms with Crippen molar-refractivity contribution in [2.75, 3.05) is 0 Å². The summed E-state index contributed by atoms with van der Waals surface area (Å²) in [6, 6.07) is 0. The summed E-state index contributed by atoms with van der Waals surface area (Å²) in [4.78, 5) is 0. The van der Waals surface area contributed by atoms with Crippen molar-refractivity contribution in [3.8, 4) is 0 Å². The fraction of sp³-hybridized carbons (Fsp3) is 0.500.